The van der Waals surface area contributed by atoms with Gasteiger partial charge in [0, 0.05) is 18.1 Å². The number of thioether (sulfide) groups is 2. The van der Waals surface area contributed by atoms with E-state index in [2.05, 4.69) is 4.90 Å². The summed E-state index contributed by atoms with van der Waals surface area (Å²) in [6.07, 6.45) is 0. The average Bonchev–Trinajstić information content (AvgIpc) is 2.50. The van der Waals surface area contributed by atoms with E-state index < -0.39 is 0 Å². The van der Waals surface area contributed by atoms with E-state index in [1.165, 1.54) is 11.5 Å². The molecule has 2 unspecified atom stereocenters. The maximum Gasteiger partial charge on any atom is 0.0660 e. The summed E-state index contributed by atoms with van der Waals surface area (Å²) in [7, 11) is 0. The Hall–Kier alpha value is 0.620. The van der Waals surface area contributed by atoms with Gasteiger partial charge >= 0.3 is 0 Å². The SMILES string of the molecule is OCCN1C2CSC1CS2. The van der Waals surface area contributed by atoms with Crippen LogP contribution in [-0.2, 0) is 0 Å². The van der Waals surface area contributed by atoms with Gasteiger partial charge < -0.3 is 5.11 Å². The van der Waals surface area contributed by atoms with Crippen LogP contribution in [0.1, 0.15) is 0 Å². The van der Waals surface area contributed by atoms with Crippen LogP contribution in [0.3, 0.4) is 0 Å². The van der Waals surface area contributed by atoms with Crippen molar-refractivity contribution in [2.75, 3.05) is 24.7 Å². The van der Waals surface area contributed by atoms with Gasteiger partial charge in [0.05, 0.1) is 17.4 Å². The van der Waals surface area contributed by atoms with Gasteiger partial charge in [-0.25, -0.2) is 0 Å². The lowest BCUT2D eigenvalue weighted by atomic mass is 10.5. The molecule has 10 heavy (non-hydrogen) atoms. The van der Waals surface area contributed by atoms with Crippen molar-refractivity contribution >= 4 is 23.5 Å². The van der Waals surface area contributed by atoms with Crippen molar-refractivity contribution in [1.82, 2.24) is 4.90 Å². The Morgan fingerprint density at radius 3 is 2.30 bits per heavy atom. The van der Waals surface area contributed by atoms with Gasteiger partial charge in [-0.2, -0.15) is 0 Å². The van der Waals surface area contributed by atoms with Crippen molar-refractivity contribution in [1.29, 1.82) is 0 Å². The number of aliphatic hydroxyl groups is 1. The molecule has 2 atom stereocenters. The number of hydrogen-bond donors (Lipinski definition) is 1. The summed E-state index contributed by atoms with van der Waals surface area (Å²) in [6, 6.07) is 0. The predicted molar refractivity (Wildman–Crippen MR) is 46.3 cm³/mol. The lowest BCUT2D eigenvalue weighted by Gasteiger charge is -2.17. The van der Waals surface area contributed by atoms with E-state index in [9.17, 15) is 0 Å². The van der Waals surface area contributed by atoms with E-state index in [1.54, 1.807) is 0 Å². The van der Waals surface area contributed by atoms with E-state index in [4.69, 9.17) is 5.11 Å². The van der Waals surface area contributed by atoms with Crippen molar-refractivity contribution in [3.63, 3.8) is 0 Å². The number of hydrogen-bond acceptors (Lipinski definition) is 4. The zero-order valence-corrected chi connectivity index (χ0v) is 7.33. The smallest absolute Gasteiger partial charge is 0.0660 e. The first kappa shape index (κ1) is 7.28. The highest BCUT2D eigenvalue weighted by molar-refractivity contribution is 8.07. The summed E-state index contributed by atoms with van der Waals surface area (Å²) in [5.74, 6) is 2.52. The van der Waals surface area contributed by atoms with Gasteiger partial charge in [0.2, 0.25) is 0 Å². The van der Waals surface area contributed by atoms with Crippen molar-refractivity contribution in [2.24, 2.45) is 0 Å². The highest BCUT2D eigenvalue weighted by Gasteiger charge is 2.39. The lowest BCUT2D eigenvalue weighted by molar-refractivity contribution is 0.204. The summed E-state index contributed by atoms with van der Waals surface area (Å²) in [4.78, 5) is 2.41. The number of nitrogens with zero attached hydrogens (tertiary/aromatic N) is 1. The summed E-state index contributed by atoms with van der Waals surface area (Å²) in [5, 5.41) is 10.2. The van der Waals surface area contributed by atoms with Gasteiger partial charge in [0.1, 0.15) is 0 Å². The van der Waals surface area contributed by atoms with Gasteiger partial charge in [-0.15, -0.1) is 23.5 Å². The maximum absolute atomic E-state index is 8.73. The molecule has 2 aliphatic heterocycles. The van der Waals surface area contributed by atoms with Crippen LogP contribution in [0, 0.1) is 0 Å². The Kier molecular flexibility index (Phi) is 2.13. The molecule has 0 aromatic heterocycles. The van der Waals surface area contributed by atoms with Gasteiger partial charge in [-0.3, -0.25) is 4.90 Å². The van der Waals surface area contributed by atoms with E-state index >= 15 is 0 Å². The van der Waals surface area contributed by atoms with Crippen molar-refractivity contribution in [2.45, 2.75) is 10.7 Å². The summed E-state index contributed by atoms with van der Waals surface area (Å²) in [5.41, 5.74) is 0. The second kappa shape index (κ2) is 2.93. The fraction of sp³-hybridized carbons (Fsp3) is 1.00. The third kappa shape index (κ3) is 1.07. The Balaban J connectivity index is 1.96. The second-order valence-electron chi connectivity index (χ2n) is 2.54. The molecule has 1 N–H and O–H groups in total. The number of aliphatic hydroxyl groups excluding tert-OH is 1. The van der Waals surface area contributed by atoms with Crippen LogP contribution in [0.5, 0.6) is 0 Å². The van der Waals surface area contributed by atoms with Crippen LogP contribution in [0.25, 0.3) is 0 Å². The highest BCUT2D eigenvalue weighted by atomic mass is 32.2. The second-order valence-corrected chi connectivity index (χ2v) is 4.96. The Labute approximate surface area is 69.4 Å². The minimum atomic E-state index is 0.314. The molecule has 2 rings (SSSR count). The number of rotatable bonds is 2. The van der Waals surface area contributed by atoms with Crippen LogP contribution in [0.2, 0.25) is 0 Å². The Morgan fingerprint density at radius 1 is 1.30 bits per heavy atom. The minimum absolute atomic E-state index is 0.314. The van der Waals surface area contributed by atoms with Crippen LogP contribution in [0.4, 0.5) is 0 Å². The molecule has 0 aromatic rings. The van der Waals surface area contributed by atoms with E-state index in [0.29, 0.717) is 17.4 Å². The van der Waals surface area contributed by atoms with Crippen LogP contribution < -0.4 is 0 Å². The van der Waals surface area contributed by atoms with Gasteiger partial charge in [-0.1, -0.05) is 0 Å². The first-order valence-corrected chi connectivity index (χ1v) is 5.61. The van der Waals surface area contributed by atoms with Crippen LogP contribution in [0.15, 0.2) is 0 Å². The Bertz CT molecular complexity index is 113. The largest absolute Gasteiger partial charge is 0.395 e. The Morgan fingerprint density at radius 2 is 1.90 bits per heavy atom. The quantitative estimate of drug-likeness (QED) is 0.660. The molecule has 2 fully saturated rings. The summed E-state index contributed by atoms with van der Waals surface area (Å²) in [6.45, 7) is 1.18. The van der Waals surface area contributed by atoms with Crippen molar-refractivity contribution in [3.05, 3.63) is 0 Å². The number of fused-ring (bicyclic) bond motifs is 2. The van der Waals surface area contributed by atoms with Gasteiger partial charge in [-0.05, 0) is 0 Å². The average molecular weight is 177 g/mol. The normalized spacial score (nSPS) is 39.3. The third-order valence-corrected chi connectivity index (χ3v) is 5.04. The van der Waals surface area contributed by atoms with Gasteiger partial charge in [0.15, 0.2) is 0 Å². The minimum Gasteiger partial charge on any atom is -0.395 e. The van der Waals surface area contributed by atoms with Crippen molar-refractivity contribution < 1.29 is 5.11 Å². The molecule has 58 valence electrons. The summed E-state index contributed by atoms with van der Waals surface area (Å²) < 4.78 is 0. The van der Waals surface area contributed by atoms with Gasteiger partial charge in [0.25, 0.3) is 0 Å². The molecule has 2 aliphatic rings. The molecule has 2 heterocycles. The van der Waals surface area contributed by atoms with Crippen LogP contribution in [-0.4, -0.2) is 45.4 Å². The molecule has 0 spiro atoms. The van der Waals surface area contributed by atoms with Crippen molar-refractivity contribution in [3.8, 4) is 0 Å². The monoisotopic (exact) mass is 177 g/mol. The molecule has 2 nitrogen and oxygen atoms in total. The first-order valence-electron chi connectivity index (χ1n) is 3.51. The first-order chi connectivity index (χ1) is 4.92. The molecule has 0 aromatic carbocycles. The standard InChI is InChI=1S/C6H11NOS2/c8-2-1-7-5-3-9-6(7)4-10-5/h5-6,8H,1-4H2. The molecule has 2 saturated heterocycles. The maximum atomic E-state index is 8.73. The molecule has 4 heteroatoms. The molecule has 2 bridgehead atoms. The molecule has 0 aliphatic carbocycles. The molecular weight excluding hydrogens is 166 g/mol. The fourth-order valence-electron chi connectivity index (χ4n) is 1.45. The molecule has 0 radical (unpaired) electrons. The van der Waals surface area contributed by atoms with E-state index in [-0.39, 0.29) is 0 Å². The fourth-order valence-corrected chi connectivity index (χ4v) is 4.82. The van der Waals surface area contributed by atoms with E-state index in [1.807, 2.05) is 23.5 Å². The molecule has 0 saturated carbocycles. The zero-order valence-electron chi connectivity index (χ0n) is 5.69. The van der Waals surface area contributed by atoms with E-state index in [0.717, 1.165) is 6.54 Å². The van der Waals surface area contributed by atoms with Crippen LogP contribution >= 0.6 is 23.5 Å². The molecule has 0 amide bonds. The predicted octanol–water partition coefficient (Wildman–Crippen LogP) is 0.426. The lowest BCUT2D eigenvalue weighted by Crippen LogP contribution is -2.31. The highest BCUT2D eigenvalue weighted by Crippen LogP contribution is 2.43. The molecular formula is C6H11NOS2. The summed E-state index contributed by atoms with van der Waals surface area (Å²) >= 11 is 4.07. The topological polar surface area (TPSA) is 23.5 Å². The zero-order chi connectivity index (χ0) is 6.97. The third-order valence-electron chi connectivity index (χ3n) is 1.96.